The zero-order chi connectivity index (χ0) is 9.61. The van der Waals surface area contributed by atoms with Gasteiger partial charge in [0.25, 0.3) is 0 Å². The van der Waals surface area contributed by atoms with E-state index in [1.807, 2.05) is 6.92 Å². The van der Waals surface area contributed by atoms with Crippen LogP contribution in [0.4, 0.5) is 0 Å². The molecule has 0 unspecified atom stereocenters. The molecule has 0 saturated heterocycles. The largest absolute Gasteiger partial charge is 0.394 e. The van der Waals surface area contributed by atoms with Crippen LogP contribution in [0.15, 0.2) is 0 Å². The summed E-state index contributed by atoms with van der Waals surface area (Å²) in [6, 6.07) is 0. The standard InChI is InChI=1S/C8H19NO3/c1-3-8(5-10,6-11)9-4-7(2)12/h7,9-12H,3-6H2,1-2H3/t7-/m1/s1. The molecule has 0 rings (SSSR count). The molecule has 0 radical (unpaired) electrons. The van der Waals surface area contributed by atoms with Gasteiger partial charge in [0.2, 0.25) is 0 Å². The summed E-state index contributed by atoms with van der Waals surface area (Å²) in [5, 5.41) is 29.9. The monoisotopic (exact) mass is 177 g/mol. The van der Waals surface area contributed by atoms with Crippen molar-refractivity contribution in [1.82, 2.24) is 5.32 Å². The normalized spacial score (nSPS) is 14.8. The van der Waals surface area contributed by atoms with Crippen LogP contribution < -0.4 is 5.32 Å². The van der Waals surface area contributed by atoms with E-state index in [1.54, 1.807) is 6.92 Å². The van der Waals surface area contributed by atoms with E-state index in [0.717, 1.165) is 0 Å². The molecule has 0 aromatic carbocycles. The number of hydrogen-bond acceptors (Lipinski definition) is 4. The molecule has 0 bridgehead atoms. The second-order valence-corrected chi connectivity index (χ2v) is 3.18. The van der Waals surface area contributed by atoms with E-state index in [9.17, 15) is 0 Å². The summed E-state index contributed by atoms with van der Waals surface area (Å²) in [5.74, 6) is 0. The lowest BCUT2D eigenvalue weighted by Crippen LogP contribution is -2.53. The lowest BCUT2D eigenvalue weighted by atomic mass is 9.98. The topological polar surface area (TPSA) is 72.7 Å². The maximum absolute atomic E-state index is 8.99. The Labute approximate surface area is 73.2 Å². The predicted octanol–water partition coefficient (Wildman–Crippen LogP) is -0.910. The van der Waals surface area contributed by atoms with Crippen molar-refractivity contribution in [1.29, 1.82) is 0 Å². The Morgan fingerprint density at radius 2 is 1.83 bits per heavy atom. The molecule has 0 spiro atoms. The van der Waals surface area contributed by atoms with Crippen LogP contribution in [0.25, 0.3) is 0 Å². The summed E-state index contributed by atoms with van der Waals surface area (Å²) < 4.78 is 0. The van der Waals surface area contributed by atoms with Crippen molar-refractivity contribution in [2.45, 2.75) is 31.9 Å². The van der Waals surface area contributed by atoms with Crippen LogP contribution in [0.3, 0.4) is 0 Å². The molecule has 74 valence electrons. The molecular weight excluding hydrogens is 158 g/mol. The van der Waals surface area contributed by atoms with Gasteiger partial charge in [-0.2, -0.15) is 0 Å². The van der Waals surface area contributed by atoms with E-state index in [0.29, 0.717) is 13.0 Å². The minimum absolute atomic E-state index is 0.118. The Morgan fingerprint density at radius 3 is 2.08 bits per heavy atom. The summed E-state index contributed by atoms with van der Waals surface area (Å²) in [5.41, 5.74) is -0.642. The van der Waals surface area contributed by atoms with Crippen LogP contribution in [-0.2, 0) is 0 Å². The van der Waals surface area contributed by atoms with Gasteiger partial charge in [0.1, 0.15) is 0 Å². The highest BCUT2D eigenvalue weighted by Gasteiger charge is 2.25. The minimum Gasteiger partial charge on any atom is -0.394 e. The number of aliphatic hydroxyl groups is 3. The van der Waals surface area contributed by atoms with Crippen molar-refractivity contribution in [3.8, 4) is 0 Å². The van der Waals surface area contributed by atoms with Gasteiger partial charge < -0.3 is 20.6 Å². The van der Waals surface area contributed by atoms with Gasteiger partial charge in [0.05, 0.1) is 24.9 Å². The highest BCUT2D eigenvalue weighted by molar-refractivity contribution is 4.85. The molecule has 0 aliphatic rings. The minimum atomic E-state index is -0.642. The molecule has 4 heteroatoms. The average Bonchev–Trinajstić information content (AvgIpc) is 2.08. The molecule has 0 aliphatic carbocycles. The van der Waals surface area contributed by atoms with Crippen LogP contribution in [0.5, 0.6) is 0 Å². The number of rotatable bonds is 6. The van der Waals surface area contributed by atoms with Crippen LogP contribution in [0, 0.1) is 0 Å². The van der Waals surface area contributed by atoms with Crippen molar-refractivity contribution >= 4 is 0 Å². The molecule has 12 heavy (non-hydrogen) atoms. The molecule has 1 atom stereocenters. The first-order valence-corrected chi connectivity index (χ1v) is 4.25. The molecule has 0 aromatic rings. The van der Waals surface area contributed by atoms with Gasteiger partial charge >= 0.3 is 0 Å². The Hall–Kier alpha value is -0.160. The van der Waals surface area contributed by atoms with Gasteiger partial charge in [-0.3, -0.25) is 0 Å². The number of β-amino-alcohol motifs (C(OH)–C–C–N with tert-alkyl or cyclic N) is 1. The molecule has 0 heterocycles. The van der Waals surface area contributed by atoms with Crippen molar-refractivity contribution < 1.29 is 15.3 Å². The van der Waals surface area contributed by atoms with E-state index in [1.165, 1.54) is 0 Å². The highest BCUT2D eigenvalue weighted by atomic mass is 16.3. The van der Waals surface area contributed by atoms with Crippen LogP contribution in [0.2, 0.25) is 0 Å². The number of aliphatic hydroxyl groups excluding tert-OH is 3. The summed E-state index contributed by atoms with van der Waals surface area (Å²) in [4.78, 5) is 0. The van der Waals surface area contributed by atoms with E-state index in [-0.39, 0.29) is 13.2 Å². The summed E-state index contributed by atoms with van der Waals surface area (Å²) in [7, 11) is 0. The van der Waals surface area contributed by atoms with Crippen LogP contribution in [0.1, 0.15) is 20.3 Å². The molecule has 0 aromatic heterocycles. The fraction of sp³-hybridized carbons (Fsp3) is 1.00. The fourth-order valence-electron chi connectivity index (χ4n) is 0.875. The third kappa shape index (κ3) is 3.49. The van der Waals surface area contributed by atoms with Crippen LogP contribution in [-0.4, -0.2) is 46.7 Å². The number of nitrogens with one attached hydrogen (secondary N) is 1. The van der Waals surface area contributed by atoms with Gasteiger partial charge in [0.15, 0.2) is 0 Å². The Bertz CT molecular complexity index is 105. The first-order chi connectivity index (χ1) is 5.60. The van der Waals surface area contributed by atoms with Crippen molar-refractivity contribution in [2.75, 3.05) is 19.8 Å². The average molecular weight is 177 g/mol. The van der Waals surface area contributed by atoms with Crippen LogP contribution >= 0.6 is 0 Å². The third-order valence-electron chi connectivity index (χ3n) is 2.05. The molecular formula is C8H19NO3. The first kappa shape index (κ1) is 11.8. The molecule has 0 saturated carbocycles. The molecule has 0 aliphatic heterocycles. The first-order valence-electron chi connectivity index (χ1n) is 4.25. The number of hydrogen-bond donors (Lipinski definition) is 4. The zero-order valence-corrected chi connectivity index (χ0v) is 7.75. The van der Waals surface area contributed by atoms with E-state index in [2.05, 4.69) is 5.32 Å². The van der Waals surface area contributed by atoms with Gasteiger partial charge in [-0.15, -0.1) is 0 Å². The van der Waals surface area contributed by atoms with Gasteiger partial charge in [-0.1, -0.05) is 6.92 Å². The van der Waals surface area contributed by atoms with Gasteiger partial charge in [0, 0.05) is 6.54 Å². The van der Waals surface area contributed by atoms with E-state index in [4.69, 9.17) is 15.3 Å². The second-order valence-electron chi connectivity index (χ2n) is 3.18. The second kappa shape index (κ2) is 5.48. The summed E-state index contributed by atoms with van der Waals surface area (Å²) in [6.07, 6.45) is 0.168. The maximum atomic E-state index is 8.99. The summed E-state index contributed by atoms with van der Waals surface area (Å²) >= 11 is 0. The fourth-order valence-corrected chi connectivity index (χ4v) is 0.875. The molecule has 0 amide bonds. The maximum Gasteiger partial charge on any atom is 0.0646 e. The summed E-state index contributed by atoms with van der Waals surface area (Å²) in [6.45, 7) is 3.68. The Kier molecular flexibility index (Phi) is 5.41. The Morgan fingerprint density at radius 1 is 1.33 bits per heavy atom. The van der Waals surface area contributed by atoms with Crippen molar-refractivity contribution in [3.63, 3.8) is 0 Å². The lowest BCUT2D eigenvalue weighted by Gasteiger charge is -2.30. The lowest BCUT2D eigenvalue weighted by molar-refractivity contribution is 0.0739. The zero-order valence-electron chi connectivity index (χ0n) is 7.75. The Balaban J connectivity index is 3.93. The van der Waals surface area contributed by atoms with E-state index < -0.39 is 11.6 Å². The smallest absolute Gasteiger partial charge is 0.0646 e. The van der Waals surface area contributed by atoms with Crippen molar-refractivity contribution in [3.05, 3.63) is 0 Å². The molecule has 4 N–H and O–H groups in total. The SMILES string of the molecule is CCC(CO)(CO)NC[C@@H](C)O. The van der Waals surface area contributed by atoms with Gasteiger partial charge in [-0.05, 0) is 13.3 Å². The quantitative estimate of drug-likeness (QED) is 0.424. The third-order valence-corrected chi connectivity index (χ3v) is 2.05. The molecule has 0 fully saturated rings. The van der Waals surface area contributed by atoms with Crippen molar-refractivity contribution in [2.24, 2.45) is 0 Å². The van der Waals surface area contributed by atoms with E-state index >= 15 is 0 Å². The van der Waals surface area contributed by atoms with Gasteiger partial charge in [-0.25, -0.2) is 0 Å². The molecule has 4 nitrogen and oxygen atoms in total. The predicted molar refractivity (Wildman–Crippen MR) is 46.9 cm³/mol. The highest BCUT2D eigenvalue weighted by Crippen LogP contribution is 2.07.